The van der Waals surface area contributed by atoms with Crippen LogP contribution in [-0.4, -0.2) is 144 Å². The van der Waals surface area contributed by atoms with Crippen molar-refractivity contribution in [2.45, 2.75) is 103 Å². The first kappa shape index (κ1) is 53.7. The number of esters is 1. The molecule has 6 bridgehead atoms. The number of likely N-dealkylation sites (N-methyl/N-ethyl adjacent to an activating group) is 2. The number of nitrogens with one attached hydrogen (secondary N) is 2. The Bertz CT molecular complexity index is 3040. The van der Waals surface area contributed by atoms with Gasteiger partial charge in [-0.2, -0.15) is 0 Å². The zero-order chi connectivity index (χ0) is 54.4. The number of piperazine rings is 1. The van der Waals surface area contributed by atoms with Crippen molar-refractivity contribution in [3.63, 3.8) is 0 Å². The fourth-order valence-electron chi connectivity index (χ4n) is 12.3. The van der Waals surface area contributed by atoms with Gasteiger partial charge in [0.1, 0.15) is 17.8 Å². The van der Waals surface area contributed by atoms with E-state index >= 15 is 4.79 Å². The van der Waals surface area contributed by atoms with Crippen LogP contribution in [0.4, 0.5) is 5.69 Å². The average molecular weight is 1050 g/mol. The summed E-state index contributed by atoms with van der Waals surface area (Å²) in [7, 11) is 5.42. The fraction of sp³-hybridized carbons (Fsp3) is 0.500. The van der Waals surface area contributed by atoms with Crippen LogP contribution in [-0.2, 0) is 48.0 Å². The van der Waals surface area contributed by atoms with Crippen LogP contribution >= 0.6 is 0 Å². The summed E-state index contributed by atoms with van der Waals surface area (Å²) in [6, 6.07) is 20.5. The Morgan fingerprint density at radius 1 is 1.06 bits per heavy atom. The number of carbonyl (C=O) groups excluding carboxylic acids is 3. The van der Waals surface area contributed by atoms with Gasteiger partial charge >= 0.3 is 12.2 Å². The molecule has 2 aromatic heterocycles. The zero-order valence-corrected chi connectivity index (χ0v) is 45.9. The third-order valence-electron chi connectivity index (χ3n) is 16.9. The van der Waals surface area contributed by atoms with Crippen LogP contribution in [0.5, 0.6) is 5.75 Å². The van der Waals surface area contributed by atoms with Gasteiger partial charge in [-0.15, -0.1) is 11.6 Å². The number of aromatic nitrogens is 2. The molecule has 3 aromatic carbocycles. The molecule has 17 nitrogen and oxygen atoms in total. The molecule has 77 heavy (non-hydrogen) atoms. The lowest BCUT2D eigenvalue weighted by atomic mass is 9.84. The van der Waals surface area contributed by atoms with Crippen molar-refractivity contribution in [2.24, 2.45) is 23.2 Å². The summed E-state index contributed by atoms with van der Waals surface area (Å²) < 4.78 is 20.7. The number of methoxy groups -OCH3 is 1. The van der Waals surface area contributed by atoms with E-state index in [2.05, 4.69) is 83.8 Å². The molecular formula is C60H76N9O8+. The fourth-order valence-corrected chi connectivity index (χ4v) is 12.3. The summed E-state index contributed by atoms with van der Waals surface area (Å²) in [5.74, 6) is -2.24. The van der Waals surface area contributed by atoms with Gasteiger partial charge in [0.25, 0.3) is 5.91 Å². The molecule has 408 valence electrons. The van der Waals surface area contributed by atoms with Crippen molar-refractivity contribution < 1.29 is 38.6 Å². The first-order valence-electron chi connectivity index (χ1n) is 27.4. The Hall–Kier alpha value is -6.66. The van der Waals surface area contributed by atoms with Crippen LogP contribution < -0.4 is 15.6 Å². The number of hydrazine groups is 2. The first-order chi connectivity index (χ1) is 37.0. The molecule has 2 amide bonds. The number of benzene rings is 3. The van der Waals surface area contributed by atoms with Gasteiger partial charge in [-0.3, -0.25) is 24.4 Å². The highest BCUT2D eigenvalue weighted by Gasteiger charge is 2.54. The molecule has 4 aliphatic heterocycles. The van der Waals surface area contributed by atoms with Crippen LogP contribution in [0.2, 0.25) is 0 Å². The number of nitroso groups, excluding NO2 is 1. The van der Waals surface area contributed by atoms with E-state index in [9.17, 15) is 19.6 Å². The van der Waals surface area contributed by atoms with Gasteiger partial charge in [-0.25, -0.2) is 5.43 Å². The standard InChI is InChI=1S/C60H75N9O8/c1-10-36(3)54(65(8)69(74)58-45(19-24-76-58)39-15-13-12-14-16-39)56(71)62-50-27-38-25-41(28-44(70)26-38)40-17-18-51-47(29-40)49(32-60(5,6)35-77-59(73)53-46-30-42(46)34-68(63-53)57(50)72)55(67(51)11-2)48-31-43(33-61-52(48)37(4)75-9)66-22-20-64(7)21-23-66/h10,12-18,25-26,28-29,31,33,36-37,42,45-46,50,53-54,58,63H,1,11,19-24,27,30,32,34-35H2,2-9H3,(H-,62,70,71)/p+1/t36-,37+,42?,45-,46+,50+,53+,54+,58-/m1/s1. The second-order valence-electron chi connectivity index (χ2n) is 22.9. The van der Waals surface area contributed by atoms with Crippen molar-refractivity contribution in [3.05, 3.63) is 119 Å². The molecule has 10 rings (SSSR count). The van der Waals surface area contributed by atoms with Gasteiger partial charge in [-0.1, -0.05) is 69.3 Å². The van der Waals surface area contributed by atoms with Gasteiger partial charge in [0.05, 0.1) is 60.5 Å². The highest BCUT2D eigenvalue weighted by Crippen LogP contribution is 2.46. The third-order valence-corrected chi connectivity index (χ3v) is 16.9. The molecule has 3 N–H and O–H groups in total. The van der Waals surface area contributed by atoms with Crippen molar-refractivity contribution >= 4 is 34.4 Å². The Kier molecular flexibility index (Phi) is 15.3. The number of anilines is 1. The van der Waals surface area contributed by atoms with Crippen LogP contribution in [0.15, 0.2) is 91.6 Å². The minimum atomic E-state index is -1.20. The molecule has 0 radical (unpaired) electrons. The number of cyclic esters (lactones) is 1. The number of aromatic hydroxyl groups is 1. The molecule has 3 saturated heterocycles. The van der Waals surface area contributed by atoms with Crippen LogP contribution in [0.25, 0.3) is 33.3 Å². The van der Waals surface area contributed by atoms with Crippen molar-refractivity contribution in [2.75, 3.05) is 72.0 Å². The van der Waals surface area contributed by atoms with Crippen molar-refractivity contribution in [1.29, 1.82) is 0 Å². The van der Waals surface area contributed by atoms with E-state index in [0.717, 1.165) is 93.3 Å². The predicted molar refractivity (Wildman–Crippen MR) is 295 cm³/mol. The minimum Gasteiger partial charge on any atom is -0.508 e. The van der Waals surface area contributed by atoms with E-state index in [1.165, 1.54) is 10.0 Å². The minimum absolute atomic E-state index is 0.00755. The summed E-state index contributed by atoms with van der Waals surface area (Å²) in [5, 5.41) is 18.4. The van der Waals surface area contributed by atoms with E-state index < -0.39 is 53.5 Å². The lowest BCUT2D eigenvalue weighted by Crippen LogP contribution is -2.63. The molecular weight excluding hydrogens is 975 g/mol. The molecule has 5 aliphatic rings. The molecule has 9 atom stereocenters. The zero-order valence-electron chi connectivity index (χ0n) is 45.9. The number of phenolic OH excluding ortho intramolecular Hbond substituents is 1. The molecule has 6 heterocycles. The smallest absolute Gasteiger partial charge is 0.344 e. The maximum Gasteiger partial charge on any atom is 0.344 e. The highest BCUT2D eigenvalue weighted by molar-refractivity contribution is 5.96. The Balaban J connectivity index is 1.06. The van der Waals surface area contributed by atoms with Gasteiger partial charge in [-0.05, 0) is 110 Å². The summed E-state index contributed by atoms with van der Waals surface area (Å²) in [4.78, 5) is 69.5. The molecule has 1 aliphatic carbocycles. The van der Waals surface area contributed by atoms with Gasteiger partial charge in [0, 0.05) is 80.6 Å². The summed E-state index contributed by atoms with van der Waals surface area (Å²) in [5.41, 5.74) is 11.8. The number of phenols is 1. The molecule has 4 fully saturated rings. The second-order valence-corrected chi connectivity index (χ2v) is 22.9. The maximum absolute atomic E-state index is 15.1. The average Bonchev–Trinajstić information content (AvgIpc) is 4.06. The number of nitrogens with zero attached hydrogens (tertiary/aromatic N) is 7. The van der Waals surface area contributed by atoms with E-state index in [-0.39, 0.29) is 42.6 Å². The number of hydrogen-bond acceptors (Lipinski definition) is 12. The van der Waals surface area contributed by atoms with Crippen molar-refractivity contribution in [1.82, 2.24) is 35.2 Å². The maximum atomic E-state index is 15.1. The lowest BCUT2D eigenvalue weighted by Gasteiger charge is -2.36. The SMILES string of the molecule is C=C[C@@H](C)[C@@H](C(=O)N[C@H]1Cc2cc(O)cc(c2)-c2ccc3c(c2)c(c(-c2cc(N4CCN(C)CC4)cnc2[C@H](C)OC)n3CC)CC(C)(C)COC(=O)[C@H]2NN(CC3C[C@@H]32)C1=O)N(C)[N+](=O)[C@@H]1OCC[C@@H]1c1ccccc1. The Morgan fingerprint density at radius 3 is 2.56 bits per heavy atom. The first-order valence-corrected chi connectivity index (χ1v) is 27.4. The van der Waals surface area contributed by atoms with Gasteiger partial charge < -0.3 is 39.0 Å². The quantitative estimate of drug-likeness (QED) is 0.0461. The van der Waals surface area contributed by atoms with Gasteiger partial charge in [0.15, 0.2) is 10.9 Å². The van der Waals surface area contributed by atoms with Crippen LogP contribution in [0.3, 0.4) is 0 Å². The molecule has 17 heteroatoms. The topological polar surface area (TPSA) is 174 Å². The summed E-state index contributed by atoms with van der Waals surface area (Å²) in [6.07, 6.45) is 4.25. The molecule has 1 unspecified atom stereocenters. The van der Waals surface area contributed by atoms with Crippen molar-refractivity contribution in [3.8, 4) is 28.1 Å². The van der Waals surface area contributed by atoms with Gasteiger partial charge in [0.2, 0.25) is 5.91 Å². The molecule has 1 saturated carbocycles. The number of rotatable bonds is 13. The Morgan fingerprint density at radius 2 is 1.83 bits per heavy atom. The molecule has 0 spiro atoms. The monoisotopic (exact) mass is 1050 g/mol. The number of amides is 2. The number of hydrogen-bond donors (Lipinski definition) is 3. The predicted octanol–water partition coefficient (Wildman–Crippen LogP) is 7.41. The number of pyridine rings is 1. The number of carbonyl (C=O) groups is 3. The van der Waals surface area contributed by atoms with Crippen LogP contribution in [0, 0.1) is 28.1 Å². The highest BCUT2D eigenvalue weighted by atomic mass is 16.5. The normalized spacial score (nSPS) is 24.8. The largest absolute Gasteiger partial charge is 0.508 e. The summed E-state index contributed by atoms with van der Waals surface area (Å²) >= 11 is 0. The molecule has 5 aromatic rings. The summed E-state index contributed by atoms with van der Waals surface area (Å²) in [6.45, 7) is 19.3. The Labute approximate surface area is 452 Å². The third kappa shape index (κ3) is 10.8. The van der Waals surface area contributed by atoms with E-state index in [1.807, 2.05) is 49.5 Å². The van der Waals surface area contributed by atoms with E-state index in [1.54, 1.807) is 39.3 Å². The van der Waals surface area contributed by atoms with Crippen LogP contribution in [0.1, 0.15) is 81.9 Å². The number of fused-ring (bicyclic) bond motifs is 8. The number of aryl methyl sites for hydroxylation is 1. The second kappa shape index (κ2) is 22.0. The number of ether oxygens (including phenoxy) is 3. The van der Waals surface area contributed by atoms with E-state index in [0.29, 0.717) is 38.1 Å². The lowest BCUT2D eigenvalue weighted by molar-refractivity contribution is -0.763. The van der Waals surface area contributed by atoms with E-state index in [4.69, 9.17) is 19.2 Å².